The van der Waals surface area contributed by atoms with Gasteiger partial charge in [0.1, 0.15) is 0 Å². The molecule has 0 N–H and O–H groups in total. The summed E-state index contributed by atoms with van der Waals surface area (Å²) in [5.41, 5.74) is 0. The summed E-state index contributed by atoms with van der Waals surface area (Å²) in [5.74, 6) is -8.27. The minimum absolute atomic E-state index is 1.83. The summed E-state index contributed by atoms with van der Waals surface area (Å²) in [4.78, 5) is 0. The van der Waals surface area contributed by atoms with Crippen LogP contribution in [0, 0.1) is 0 Å². The van der Waals surface area contributed by atoms with Crippen LogP contribution < -0.4 is 0 Å². The first-order valence-corrected chi connectivity index (χ1v) is 20.4. The molecule has 144 valence electrons. The first-order valence-electron chi connectivity index (χ1n) is 4.43. The summed E-state index contributed by atoms with van der Waals surface area (Å²) in [6, 6.07) is 0. The molecule has 0 spiro atoms. The Bertz CT molecular complexity index is 842. The number of nitrogens with zero attached hydrogens (tertiary/aromatic N) is 6. The molecule has 0 saturated carbocycles. The summed E-state index contributed by atoms with van der Waals surface area (Å²) in [6.07, 6.45) is 0. The molecule has 6 nitrogen and oxygen atoms in total. The Balaban J connectivity index is 3.64. The highest BCUT2D eigenvalue weighted by Crippen LogP contribution is 2.87. The Morgan fingerprint density at radius 1 is 0.625 bits per heavy atom. The predicted molar refractivity (Wildman–Crippen MR) is 103 cm³/mol. The third-order valence-corrected chi connectivity index (χ3v) is 18.4. The van der Waals surface area contributed by atoms with Crippen molar-refractivity contribution in [2.75, 3.05) is 0 Å². The maximum atomic E-state index is 14.2. The van der Waals surface area contributed by atoms with Gasteiger partial charge in [0.15, 0.2) is 0 Å². The number of rotatable bonds is 3. The minimum atomic E-state index is -5.99. The summed E-state index contributed by atoms with van der Waals surface area (Å²) >= 11 is 38.6. The highest BCUT2D eigenvalue weighted by Gasteiger charge is 2.40. The van der Waals surface area contributed by atoms with Crippen molar-refractivity contribution in [3.63, 3.8) is 0 Å². The van der Waals surface area contributed by atoms with Crippen LogP contribution in [0.25, 0.3) is 0 Å². The summed E-state index contributed by atoms with van der Waals surface area (Å²) in [5, 5.41) is -3.51. The summed E-state index contributed by atoms with van der Waals surface area (Å²) in [7, 11) is -17.5. The minimum Gasteiger partial charge on any atom is -0.191 e. The van der Waals surface area contributed by atoms with Gasteiger partial charge < -0.3 is 0 Å². The zero-order valence-corrected chi connectivity index (χ0v) is 20.6. The van der Waals surface area contributed by atoms with Gasteiger partial charge in [0.2, 0.25) is 5.11 Å². The van der Waals surface area contributed by atoms with Gasteiger partial charge in [-0.3, -0.25) is 0 Å². The van der Waals surface area contributed by atoms with Gasteiger partial charge in [-0.2, -0.15) is 17.7 Å². The van der Waals surface area contributed by atoms with Gasteiger partial charge in [-0.05, 0) is 78.7 Å². The van der Waals surface area contributed by atoms with Crippen LogP contribution in [0.2, 0.25) is 0 Å². The Morgan fingerprint density at radius 3 is 1.50 bits per heavy atom. The molecule has 1 unspecified atom stereocenters. The van der Waals surface area contributed by atoms with Gasteiger partial charge in [-0.15, -0.1) is 30.3 Å². The van der Waals surface area contributed by atoms with Gasteiger partial charge in [-0.1, -0.05) is 0 Å². The van der Waals surface area contributed by atoms with Crippen LogP contribution in [0.1, 0.15) is 0 Å². The van der Waals surface area contributed by atoms with Gasteiger partial charge in [0.05, 0.1) is 0 Å². The van der Waals surface area contributed by atoms with Gasteiger partial charge in [-0.25, -0.2) is 0 Å². The molecule has 24 heteroatoms. The molecule has 0 aliphatic carbocycles. The molecule has 0 aromatic carbocycles. The van der Waals surface area contributed by atoms with Crippen LogP contribution in [-0.2, 0) is 0 Å². The molecular weight excluding hydrogens is 613 g/mol. The van der Waals surface area contributed by atoms with Crippen molar-refractivity contribution in [3.8, 4) is 0 Å². The first-order chi connectivity index (χ1) is 10.2. The lowest BCUT2D eigenvalue weighted by molar-refractivity contribution is 0.697. The number of hydrogen-bond donors (Lipinski definition) is 0. The molecule has 0 radical (unpaired) electrons. The monoisotopic (exact) mass is 610 g/mol. The maximum Gasteiger partial charge on any atom is 0.424 e. The van der Waals surface area contributed by atoms with E-state index < -0.39 is 40.3 Å². The fourth-order valence-electron chi connectivity index (χ4n) is 0.917. The lowest BCUT2D eigenvalue weighted by Crippen LogP contribution is -1.71. The second-order valence-electron chi connectivity index (χ2n) is 3.27. The lowest BCUT2D eigenvalue weighted by Gasteiger charge is -2.15. The summed E-state index contributed by atoms with van der Waals surface area (Å²) in [6.45, 7) is 0. The molecular formula is Cl7F5N6P6. The van der Waals surface area contributed by atoms with Crippen molar-refractivity contribution >= 4 is 119 Å². The quantitative estimate of drug-likeness (QED) is 0.225. The molecule has 0 aromatic heterocycles. The number of halogens is 12. The highest BCUT2D eigenvalue weighted by molar-refractivity contribution is 8.30. The van der Waals surface area contributed by atoms with Crippen molar-refractivity contribution < 1.29 is 21.0 Å². The van der Waals surface area contributed by atoms with Crippen LogP contribution in [0.3, 0.4) is 0 Å². The highest BCUT2D eigenvalue weighted by atomic mass is 36.0. The van der Waals surface area contributed by atoms with E-state index in [9.17, 15) is 21.0 Å². The van der Waals surface area contributed by atoms with Crippen molar-refractivity contribution in [3.05, 3.63) is 0 Å². The van der Waals surface area contributed by atoms with Crippen molar-refractivity contribution in [2.24, 2.45) is 27.1 Å². The van der Waals surface area contributed by atoms with Crippen molar-refractivity contribution in [2.45, 2.75) is 0 Å². The predicted octanol–water partition coefficient (Wildman–Crippen LogP) is 13.2. The molecule has 24 heavy (non-hydrogen) atoms. The van der Waals surface area contributed by atoms with E-state index in [0.29, 0.717) is 0 Å². The van der Waals surface area contributed by atoms with Crippen LogP contribution in [0.15, 0.2) is 27.1 Å². The second-order valence-corrected chi connectivity index (χ2v) is 25.7. The third kappa shape index (κ3) is 9.51. The molecule has 1 heterocycles. The molecule has 0 amide bonds. The van der Waals surface area contributed by atoms with E-state index in [2.05, 4.69) is 22.6 Å². The Morgan fingerprint density at radius 2 is 1.08 bits per heavy atom. The van der Waals surface area contributed by atoms with Crippen LogP contribution >= 0.6 is 119 Å². The van der Waals surface area contributed by atoms with E-state index in [1.165, 1.54) is 0 Å². The third-order valence-electron chi connectivity index (χ3n) is 1.30. The average Bonchev–Trinajstić information content (AvgIpc) is 1.98. The van der Waals surface area contributed by atoms with E-state index in [1.54, 1.807) is 0 Å². The largest absolute Gasteiger partial charge is 0.424 e. The van der Waals surface area contributed by atoms with Gasteiger partial charge >= 0.3 is 23.3 Å². The molecule has 1 rings (SSSR count). The Labute approximate surface area is 166 Å². The molecule has 1 aliphatic heterocycles. The zero-order chi connectivity index (χ0) is 19.2. The number of hydrogen-bond acceptors (Lipinski definition) is 4. The average molecular weight is 613 g/mol. The van der Waals surface area contributed by atoms with Crippen LogP contribution in [0.4, 0.5) is 21.0 Å². The van der Waals surface area contributed by atoms with Crippen molar-refractivity contribution in [1.82, 2.24) is 0 Å². The Hall–Kier alpha value is 3.06. The SMILES string of the molecule is FP1(F)=NP(F)(F)=NP(F)(N=P(Cl)(Cl)N=P(Cl)(Cl)N=P(Cl)(Cl)Cl)=N1. The standard InChI is InChI=1S/Cl7F5N6P6/c1-19(2,3)13-20(4,5)14-21(6,7)15-24(12)17-22(8,9)16-23(10,11)18-24. The van der Waals surface area contributed by atoms with Crippen LogP contribution in [-0.4, -0.2) is 0 Å². The zero-order valence-electron chi connectivity index (χ0n) is 9.90. The topological polar surface area (TPSA) is 74.2 Å². The van der Waals surface area contributed by atoms with E-state index in [-0.39, 0.29) is 0 Å². The normalized spacial score (nSPS) is 26.5. The molecule has 0 fully saturated rings. The van der Waals surface area contributed by atoms with E-state index >= 15 is 0 Å². The van der Waals surface area contributed by atoms with Crippen LogP contribution in [0.5, 0.6) is 0 Å². The second kappa shape index (κ2) is 8.06. The smallest absolute Gasteiger partial charge is 0.191 e. The fraction of sp³-hybridized carbons (Fsp3) is 0. The molecule has 1 aliphatic rings. The molecule has 0 bridgehead atoms. The summed E-state index contributed by atoms with van der Waals surface area (Å²) < 4.78 is 82.3. The molecule has 0 aromatic rings. The fourth-order valence-corrected chi connectivity index (χ4v) is 23.2. The maximum absolute atomic E-state index is 14.2. The molecule has 0 saturated heterocycles. The van der Waals surface area contributed by atoms with Gasteiger partial charge in [0.25, 0.3) is 11.8 Å². The Kier molecular flexibility index (Phi) is 8.43. The van der Waals surface area contributed by atoms with E-state index in [4.69, 9.17) is 78.7 Å². The van der Waals surface area contributed by atoms with E-state index in [1.807, 2.05) is 4.52 Å². The molecule has 1 atom stereocenters. The van der Waals surface area contributed by atoms with Gasteiger partial charge in [0, 0.05) is 0 Å². The first kappa shape index (κ1) is 25.1. The lowest BCUT2D eigenvalue weighted by atomic mass is 13.8. The van der Waals surface area contributed by atoms with Crippen molar-refractivity contribution in [1.29, 1.82) is 0 Å². The van der Waals surface area contributed by atoms with E-state index in [0.717, 1.165) is 0 Å².